The lowest BCUT2D eigenvalue weighted by Gasteiger charge is -2.29. The fourth-order valence-corrected chi connectivity index (χ4v) is 3.76. The second-order valence-electron chi connectivity index (χ2n) is 10.6. The number of rotatable bonds is 9. The predicted molar refractivity (Wildman–Crippen MR) is 113 cm³/mol. The topological polar surface area (TPSA) is 156 Å². The highest BCUT2D eigenvalue weighted by Crippen LogP contribution is 2.34. The molecule has 7 N–H and O–H groups in total. The van der Waals surface area contributed by atoms with Crippen LogP contribution in [0.4, 0.5) is 0 Å². The van der Waals surface area contributed by atoms with Crippen LogP contribution in [0.25, 0.3) is 0 Å². The van der Waals surface area contributed by atoms with Gasteiger partial charge >= 0.3 is 0 Å². The van der Waals surface area contributed by atoms with Crippen LogP contribution in [0.5, 0.6) is 0 Å². The molecule has 0 bridgehead atoms. The summed E-state index contributed by atoms with van der Waals surface area (Å²) in [6.45, 7) is 9.37. The van der Waals surface area contributed by atoms with E-state index in [2.05, 4.69) is 16.0 Å². The van der Waals surface area contributed by atoms with E-state index < -0.39 is 47.2 Å². The van der Waals surface area contributed by atoms with E-state index in [1.807, 2.05) is 34.6 Å². The molecule has 0 spiro atoms. The average molecular weight is 424 g/mol. The van der Waals surface area contributed by atoms with Crippen LogP contribution in [0.2, 0.25) is 0 Å². The zero-order valence-electron chi connectivity index (χ0n) is 18.7. The minimum Gasteiger partial charge on any atom is -0.368 e. The lowest BCUT2D eigenvalue weighted by atomic mass is 9.86. The van der Waals surface area contributed by atoms with Gasteiger partial charge in [0.1, 0.15) is 12.1 Å². The first kappa shape index (κ1) is 24.1. The fourth-order valence-electron chi connectivity index (χ4n) is 3.76. The van der Waals surface area contributed by atoms with Crippen molar-refractivity contribution < 1.29 is 19.2 Å². The van der Waals surface area contributed by atoms with Gasteiger partial charge in [0, 0.05) is 11.5 Å². The largest absolute Gasteiger partial charge is 0.368 e. The lowest BCUT2D eigenvalue weighted by Crippen LogP contribution is -2.57. The van der Waals surface area contributed by atoms with Gasteiger partial charge in [0.2, 0.25) is 23.6 Å². The Hall–Kier alpha value is -2.16. The van der Waals surface area contributed by atoms with Crippen LogP contribution in [0, 0.1) is 17.3 Å². The summed E-state index contributed by atoms with van der Waals surface area (Å²) in [5, 5.41) is 8.28. The van der Waals surface area contributed by atoms with Crippen molar-refractivity contribution in [1.82, 2.24) is 16.0 Å². The van der Waals surface area contributed by atoms with E-state index in [4.69, 9.17) is 11.5 Å². The molecule has 0 aromatic rings. The second-order valence-corrected chi connectivity index (χ2v) is 10.6. The molecule has 1 aliphatic carbocycles. The maximum Gasteiger partial charge on any atom is 0.243 e. The number of hydrogen-bond donors (Lipinski definition) is 5. The van der Waals surface area contributed by atoms with Gasteiger partial charge in [0.25, 0.3) is 0 Å². The molecule has 1 saturated carbocycles. The van der Waals surface area contributed by atoms with Gasteiger partial charge in [-0.05, 0) is 44.4 Å². The first-order valence-corrected chi connectivity index (χ1v) is 10.7. The van der Waals surface area contributed by atoms with Crippen molar-refractivity contribution in [2.45, 2.75) is 90.4 Å². The van der Waals surface area contributed by atoms with Crippen LogP contribution in [-0.4, -0.2) is 47.3 Å². The van der Waals surface area contributed by atoms with Gasteiger partial charge in [-0.15, -0.1) is 0 Å². The van der Waals surface area contributed by atoms with Crippen molar-refractivity contribution in [3.63, 3.8) is 0 Å². The van der Waals surface area contributed by atoms with Crippen molar-refractivity contribution in [3.8, 4) is 0 Å². The van der Waals surface area contributed by atoms with Crippen molar-refractivity contribution >= 4 is 23.6 Å². The molecule has 0 radical (unpaired) electrons. The smallest absolute Gasteiger partial charge is 0.243 e. The summed E-state index contributed by atoms with van der Waals surface area (Å²) in [6, 6.07) is -2.56. The monoisotopic (exact) mass is 423 g/mol. The second kappa shape index (κ2) is 8.91. The number of nitrogens with one attached hydrogen (secondary N) is 3. The van der Waals surface area contributed by atoms with E-state index in [0.717, 1.165) is 12.8 Å². The Labute approximate surface area is 178 Å². The molecule has 0 aromatic carbocycles. The predicted octanol–water partition coefficient (Wildman–Crippen LogP) is -0.0804. The number of nitrogens with two attached hydrogens (primary N) is 2. The van der Waals surface area contributed by atoms with Crippen molar-refractivity contribution in [2.75, 3.05) is 0 Å². The van der Waals surface area contributed by atoms with Crippen LogP contribution in [-0.2, 0) is 19.2 Å². The van der Waals surface area contributed by atoms with Crippen molar-refractivity contribution in [3.05, 3.63) is 0 Å². The van der Waals surface area contributed by atoms with Crippen LogP contribution in [0.3, 0.4) is 0 Å². The van der Waals surface area contributed by atoms with Crippen LogP contribution < -0.4 is 27.4 Å². The maximum absolute atomic E-state index is 12.9. The van der Waals surface area contributed by atoms with Crippen molar-refractivity contribution in [1.29, 1.82) is 0 Å². The number of carbonyl (C=O) groups excluding carboxylic acids is 4. The summed E-state index contributed by atoms with van der Waals surface area (Å²) < 4.78 is 0. The van der Waals surface area contributed by atoms with E-state index in [-0.39, 0.29) is 17.9 Å². The molecule has 1 saturated heterocycles. The minimum absolute atomic E-state index is 0.127. The molecule has 2 rings (SSSR count). The third-order valence-electron chi connectivity index (χ3n) is 5.88. The summed E-state index contributed by atoms with van der Waals surface area (Å²) in [4.78, 5) is 49.7. The molecule has 2 fully saturated rings. The molecule has 4 amide bonds. The quantitative estimate of drug-likeness (QED) is 0.351. The zero-order chi connectivity index (χ0) is 22.9. The van der Waals surface area contributed by atoms with Crippen LogP contribution >= 0.6 is 0 Å². The highest BCUT2D eigenvalue weighted by atomic mass is 16.2. The van der Waals surface area contributed by atoms with Gasteiger partial charge in [0.15, 0.2) is 0 Å². The third-order valence-corrected chi connectivity index (χ3v) is 5.88. The molecule has 2 aliphatic rings. The van der Waals surface area contributed by atoms with Gasteiger partial charge in [-0.1, -0.05) is 33.6 Å². The van der Waals surface area contributed by atoms with E-state index in [1.165, 1.54) is 0 Å². The molecule has 170 valence electrons. The summed E-state index contributed by atoms with van der Waals surface area (Å²) in [5.41, 5.74) is 10.7. The summed E-state index contributed by atoms with van der Waals surface area (Å²) >= 11 is 0. The number of primary amides is 1. The standard InChI is InChI=1S/C21H37N5O4/c1-20(2,3)15(22)19(30)25-14(8-11-6-7-11)18(29)24-13(16(23)27)9-12-10-21(4,5)26-17(12)28/h11-15H,6-10,22H2,1-5H3,(H2,23,27)(H,24,29)(H,25,30)(H,26,28)/t12-,13?,14?,15?/m1/s1. The SMILES string of the molecule is CC1(C)C[C@@H](CC(NC(=O)C(CC2CC2)NC(=O)C(N)C(C)(C)C)C(N)=O)C(=O)N1. The lowest BCUT2D eigenvalue weighted by molar-refractivity contribution is -0.133. The molecule has 1 heterocycles. The van der Waals surface area contributed by atoms with Gasteiger partial charge in [-0.25, -0.2) is 0 Å². The van der Waals surface area contributed by atoms with Crippen molar-refractivity contribution in [2.24, 2.45) is 28.7 Å². The minimum atomic E-state index is -0.989. The summed E-state index contributed by atoms with van der Waals surface area (Å²) in [5.74, 6) is -1.79. The van der Waals surface area contributed by atoms with E-state index in [0.29, 0.717) is 18.8 Å². The van der Waals surface area contributed by atoms with Crippen LogP contribution in [0.15, 0.2) is 0 Å². The van der Waals surface area contributed by atoms with Gasteiger partial charge in [-0.2, -0.15) is 0 Å². The van der Waals surface area contributed by atoms with E-state index in [1.54, 1.807) is 0 Å². The first-order valence-electron chi connectivity index (χ1n) is 10.7. The Balaban J connectivity index is 2.05. The maximum atomic E-state index is 12.9. The molecule has 3 unspecified atom stereocenters. The van der Waals surface area contributed by atoms with Crippen LogP contribution in [0.1, 0.15) is 66.7 Å². The van der Waals surface area contributed by atoms with Gasteiger partial charge in [0.05, 0.1) is 6.04 Å². The Kier molecular flexibility index (Phi) is 7.16. The molecule has 1 aliphatic heterocycles. The normalized spacial score (nSPS) is 23.8. The third kappa shape index (κ3) is 6.68. The average Bonchev–Trinajstić information content (AvgIpc) is 3.36. The summed E-state index contributed by atoms with van der Waals surface area (Å²) in [6.07, 6.45) is 3.16. The molecule has 9 nitrogen and oxygen atoms in total. The highest BCUT2D eigenvalue weighted by Gasteiger charge is 2.40. The van der Waals surface area contributed by atoms with Gasteiger partial charge < -0.3 is 27.4 Å². The molecule has 4 atom stereocenters. The Bertz CT molecular complexity index is 696. The Morgan fingerprint density at radius 1 is 1.10 bits per heavy atom. The number of amides is 4. The molecular formula is C21H37N5O4. The Morgan fingerprint density at radius 2 is 1.67 bits per heavy atom. The van der Waals surface area contributed by atoms with Gasteiger partial charge in [-0.3, -0.25) is 19.2 Å². The molecule has 9 heteroatoms. The van der Waals surface area contributed by atoms with E-state index in [9.17, 15) is 19.2 Å². The first-order chi connectivity index (χ1) is 13.7. The number of carbonyl (C=O) groups is 4. The Morgan fingerprint density at radius 3 is 2.10 bits per heavy atom. The zero-order valence-corrected chi connectivity index (χ0v) is 18.7. The summed E-state index contributed by atoms with van der Waals surface area (Å²) in [7, 11) is 0. The molecular weight excluding hydrogens is 386 g/mol. The van der Waals surface area contributed by atoms with E-state index >= 15 is 0 Å². The highest BCUT2D eigenvalue weighted by molar-refractivity contribution is 5.93. The molecule has 0 aromatic heterocycles. The number of hydrogen-bond acceptors (Lipinski definition) is 5. The fraction of sp³-hybridized carbons (Fsp3) is 0.810. The molecule has 30 heavy (non-hydrogen) atoms.